The Hall–Kier alpha value is -3.01. The zero-order valence-electron chi connectivity index (χ0n) is 26.4. The van der Waals surface area contributed by atoms with E-state index in [1.807, 2.05) is 25.7 Å². The van der Waals surface area contributed by atoms with Crippen molar-refractivity contribution < 1.29 is 23.9 Å². The first kappa shape index (κ1) is 32.4. The van der Waals surface area contributed by atoms with Crippen molar-refractivity contribution in [3.63, 3.8) is 0 Å². The van der Waals surface area contributed by atoms with Crippen LogP contribution in [-0.2, 0) is 23.9 Å². The zero-order chi connectivity index (χ0) is 31.8. The second kappa shape index (κ2) is 12.8. The standard InChI is InChI=1S/C33H46ClN5O5/c1-6-22-15-33(22,31(43)35-17-21-11-12-21)16-26(40)25-18-38(28-14-27(34)36-20(2)37-28)19-39(25)30(42)24(32(3,4)5)13-29(41)44-23-9-7-8-10-23/h6,14,21-25H,1,7-13,15-19H2,2-5H3,(H,35,43)/t22-,24-,25+,33-/m1/s1. The molecule has 1 aliphatic heterocycles. The van der Waals surface area contributed by atoms with Gasteiger partial charge in [0.2, 0.25) is 11.8 Å². The second-order valence-corrected chi connectivity index (χ2v) is 14.7. The third-order valence-electron chi connectivity index (χ3n) is 9.79. The van der Waals surface area contributed by atoms with Gasteiger partial charge in [0.25, 0.3) is 0 Å². The number of carbonyl (C=O) groups is 4. The molecule has 10 nitrogen and oxygen atoms in total. The maximum Gasteiger partial charge on any atom is 0.306 e. The van der Waals surface area contributed by atoms with Crippen LogP contribution in [0.5, 0.6) is 0 Å². The van der Waals surface area contributed by atoms with Gasteiger partial charge in [-0.05, 0) is 69.1 Å². The fraction of sp³-hybridized carbons (Fsp3) is 0.697. The Morgan fingerprint density at radius 1 is 1.18 bits per heavy atom. The number of nitrogens with one attached hydrogen (secondary N) is 1. The number of nitrogens with zero attached hydrogens (tertiary/aromatic N) is 4. The summed E-state index contributed by atoms with van der Waals surface area (Å²) in [5.74, 6) is -0.287. The van der Waals surface area contributed by atoms with Gasteiger partial charge in [0.05, 0.1) is 24.4 Å². The summed E-state index contributed by atoms with van der Waals surface area (Å²) in [4.78, 5) is 67.1. The van der Waals surface area contributed by atoms with E-state index in [1.54, 1.807) is 24.0 Å². The molecule has 1 aromatic heterocycles. The molecule has 11 heteroatoms. The molecule has 0 bridgehead atoms. The zero-order valence-corrected chi connectivity index (χ0v) is 27.2. The number of ketones is 1. The largest absolute Gasteiger partial charge is 0.462 e. The van der Waals surface area contributed by atoms with Crippen LogP contribution in [0.3, 0.4) is 0 Å². The predicted molar refractivity (Wildman–Crippen MR) is 167 cm³/mol. The lowest BCUT2D eigenvalue weighted by molar-refractivity contribution is -0.156. The van der Waals surface area contributed by atoms with Gasteiger partial charge in [0.1, 0.15) is 28.9 Å². The molecule has 1 aromatic rings. The number of rotatable bonds is 12. The molecule has 0 spiro atoms. The van der Waals surface area contributed by atoms with Gasteiger partial charge in [-0.3, -0.25) is 19.2 Å². The molecule has 0 radical (unpaired) electrons. The second-order valence-electron chi connectivity index (χ2n) is 14.3. The Balaban J connectivity index is 1.39. The van der Waals surface area contributed by atoms with Crippen molar-refractivity contribution >= 4 is 41.0 Å². The lowest BCUT2D eigenvalue weighted by Gasteiger charge is -2.34. The topological polar surface area (TPSA) is 122 Å². The molecule has 4 fully saturated rings. The quantitative estimate of drug-likeness (QED) is 0.202. The van der Waals surface area contributed by atoms with Crippen LogP contribution in [0, 0.1) is 35.5 Å². The first-order valence-electron chi connectivity index (χ1n) is 16.0. The number of allylic oxidation sites excluding steroid dienone is 1. The highest BCUT2D eigenvalue weighted by molar-refractivity contribution is 6.29. The van der Waals surface area contributed by atoms with Gasteiger partial charge in [-0.15, -0.1) is 6.58 Å². The molecule has 4 atom stereocenters. The van der Waals surface area contributed by atoms with E-state index in [0.717, 1.165) is 38.5 Å². The third-order valence-corrected chi connectivity index (χ3v) is 9.98. The van der Waals surface area contributed by atoms with Crippen molar-refractivity contribution in [1.82, 2.24) is 20.2 Å². The number of anilines is 1. The highest BCUT2D eigenvalue weighted by Gasteiger charge is 2.60. The van der Waals surface area contributed by atoms with Crippen molar-refractivity contribution in [1.29, 1.82) is 0 Å². The Kier molecular flexibility index (Phi) is 9.40. The number of Topliss-reactive ketones (excluding diaryl/α,β-unsaturated/α-hetero) is 1. The molecule has 2 heterocycles. The summed E-state index contributed by atoms with van der Waals surface area (Å²) < 4.78 is 5.74. The average molecular weight is 628 g/mol. The number of hydrogen-bond acceptors (Lipinski definition) is 8. The van der Waals surface area contributed by atoms with Crippen LogP contribution in [0.4, 0.5) is 5.82 Å². The number of halogens is 1. The van der Waals surface area contributed by atoms with Crippen LogP contribution in [0.2, 0.25) is 5.15 Å². The molecule has 2 amide bonds. The number of ether oxygens (including phenoxy) is 1. The SMILES string of the molecule is C=C[C@@H]1C[C@]1(CC(=O)[C@@H]1CN(c2cc(Cl)nc(C)n2)CN1C(=O)[C@@H](CC(=O)OC1CCCC1)C(C)(C)C)C(=O)NCC1CC1. The molecule has 3 aliphatic carbocycles. The molecule has 240 valence electrons. The van der Waals surface area contributed by atoms with E-state index in [2.05, 4.69) is 21.9 Å². The van der Waals surface area contributed by atoms with Crippen LogP contribution >= 0.6 is 11.6 Å². The summed E-state index contributed by atoms with van der Waals surface area (Å²) in [6, 6.07) is 0.789. The molecule has 0 aromatic carbocycles. The van der Waals surface area contributed by atoms with Crippen LogP contribution in [0.25, 0.3) is 0 Å². The number of hydrogen-bond donors (Lipinski definition) is 1. The summed E-state index contributed by atoms with van der Waals surface area (Å²) in [6.07, 6.45) is 8.14. The molecule has 1 saturated heterocycles. The molecule has 0 unspecified atom stereocenters. The van der Waals surface area contributed by atoms with E-state index in [0.29, 0.717) is 30.5 Å². The van der Waals surface area contributed by atoms with Gasteiger partial charge in [-0.1, -0.05) is 38.4 Å². The van der Waals surface area contributed by atoms with E-state index in [-0.39, 0.29) is 66.8 Å². The van der Waals surface area contributed by atoms with Crippen molar-refractivity contribution in [3.05, 3.63) is 29.7 Å². The number of aromatic nitrogens is 2. The van der Waals surface area contributed by atoms with Gasteiger partial charge in [-0.2, -0.15) is 0 Å². The van der Waals surface area contributed by atoms with Crippen LogP contribution in [0.1, 0.15) is 84.4 Å². The molecule has 5 rings (SSSR count). The van der Waals surface area contributed by atoms with Gasteiger partial charge in [0, 0.05) is 25.6 Å². The smallest absolute Gasteiger partial charge is 0.306 e. The van der Waals surface area contributed by atoms with Gasteiger partial charge in [-0.25, -0.2) is 9.97 Å². The Morgan fingerprint density at radius 2 is 1.89 bits per heavy atom. The van der Waals surface area contributed by atoms with Crippen LogP contribution in [-0.4, -0.2) is 70.3 Å². The van der Waals surface area contributed by atoms with Gasteiger partial charge >= 0.3 is 5.97 Å². The Bertz CT molecular complexity index is 1280. The fourth-order valence-electron chi connectivity index (χ4n) is 6.71. The summed E-state index contributed by atoms with van der Waals surface area (Å²) in [6.45, 7) is 12.3. The van der Waals surface area contributed by atoms with Gasteiger partial charge < -0.3 is 19.9 Å². The molecular formula is C33H46ClN5O5. The minimum absolute atomic E-state index is 0.00986. The van der Waals surface area contributed by atoms with Crippen molar-refractivity contribution in [3.8, 4) is 0 Å². The average Bonchev–Trinajstić information content (AvgIpc) is 3.79. The van der Waals surface area contributed by atoms with E-state index in [4.69, 9.17) is 16.3 Å². The molecule has 1 N–H and O–H groups in total. The maximum atomic E-state index is 14.4. The summed E-state index contributed by atoms with van der Waals surface area (Å²) in [5.41, 5.74) is -1.42. The van der Waals surface area contributed by atoms with Crippen molar-refractivity contribution in [2.24, 2.45) is 28.6 Å². The lowest BCUT2D eigenvalue weighted by Crippen LogP contribution is -2.49. The summed E-state index contributed by atoms with van der Waals surface area (Å²) >= 11 is 6.25. The lowest BCUT2D eigenvalue weighted by atomic mass is 9.77. The Morgan fingerprint density at radius 3 is 2.48 bits per heavy atom. The van der Waals surface area contributed by atoms with E-state index in [9.17, 15) is 19.2 Å². The van der Waals surface area contributed by atoms with Crippen LogP contribution < -0.4 is 10.2 Å². The minimum atomic E-state index is -0.848. The highest BCUT2D eigenvalue weighted by Crippen LogP contribution is 2.56. The van der Waals surface area contributed by atoms with Crippen molar-refractivity contribution in [2.75, 3.05) is 24.7 Å². The molecule has 3 saturated carbocycles. The van der Waals surface area contributed by atoms with Gasteiger partial charge in [0.15, 0.2) is 5.78 Å². The normalized spacial score (nSPS) is 25.9. The van der Waals surface area contributed by atoms with E-state index < -0.39 is 22.8 Å². The first-order valence-corrected chi connectivity index (χ1v) is 16.4. The van der Waals surface area contributed by atoms with E-state index >= 15 is 0 Å². The highest BCUT2D eigenvalue weighted by atomic mass is 35.5. The van der Waals surface area contributed by atoms with E-state index in [1.165, 1.54) is 0 Å². The summed E-state index contributed by atoms with van der Waals surface area (Å²) in [7, 11) is 0. The fourth-order valence-corrected chi connectivity index (χ4v) is 6.93. The predicted octanol–water partition coefficient (Wildman–Crippen LogP) is 4.63. The number of aryl methyl sites for hydroxylation is 1. The number of carbonyl (C=O) groups excluding carboxylic acids is 4. The molecular weight excluding hydrogens is 582 g/mol. The monoisotopic (exact) mass is 627 g/mol. The Labute approximate surface area is 265 Å². The number of esters is 1. The molecule has 44 heavy (non-hydrogen) atoms. The summed E-state index contributed by atoms with van der Waals surface area (Å²) in [5, 5.41) is 3.33. The van der Waals surface area contributed by atoms with Crippen molar-refractivity contribution in [2.45, 2.75) is 97.6 Å². The minimum Gasteiger partial charge on any atom is -0.462 e. The first-order chi connectivity index (χ1) is 20.8. The maximum absolute atomic E-state index is 14.4. The van der Waals surface area contributed by atoms with Crippen LogP contribution in [0.15, 0.2) is 18.7 Å². The number of amides is 2. The third kappa shape index (κ3) is 7.27. The molecule has 4 aliphatic rings.